The van der Waals surface area contributed by atoms with Crippen molar-refractivity contribution in [3.05, 3.63) is 59.7 Å². The van der Waals surface area contributed by atoms with E-state index in [-0.39, 0.29) is 17.4 Å². The molecular weight excluding hydrogens is 248 g/mol. The number of phenols is 2. The third-order valence-corrected chi connectivity index (χ3v) is 4.08. The number of hydrogen-bond donors (Lipinski definition) is 2. The van der Waals surface area contributed by atoms with Gasteiger partial charge in [-0.25, -0.2) is 0 Å². The fourth-order valence-electron chi connectivity index (χ4n) is 2.55. The lowest BCUT2D eigenvalue weighted by atomic mass is 9.76. The largest absolute Gasteiger partial charge is 0.508 e. The van der Waals surface area contributed by atoms with E-state index < -0.39 is 0 Å². The highest BCUT2D eigenvalue weighted by molar-refractivity contribution is 5.38. The van der Waals surface area contributed by atoms with Crippen LogP contribution in [0.1, 0.15) is 37.8 Å². The van der Waals surface area contributed by atoms with Crippen molar-refractivity contribution in [3.63, 3.8) is 0 Å². The maximum absolute atomic E-state index is 9.46. The van der Waals surface area contributed by atoms with E-state index in [1.807, 2.05) is 24.3 Å². The average molecular weight is 270 g/mol. The van der Waals surface area contributed by atoms with Gasteiger partial charge in [0.05, 0.1) is 0 Å². The minimum absolute atomic E-state index is 0.260. The lowest BCUT2D eigenvalue weighted by Gasteiger charge is -2.28. The molecule has 0 spiro atoms. The Kier molecular flexibility index (Phi) is 4.33. The third-order valence-electron chi connectivity index (χ3n) is 4.08. The van der Waals surface area contributed by atoms with Gasteiger partial charge < -0.3 is 10.2 Å². The Morgan fingerprint density at radius 3 is 1.30 bits per heavy atom. The zero-order chi connectivity index (χ0) is 14.7. The molecule has 1 unspecified atom stereocenters. The number of aromatic hydroxyl groups is 2. The van der Waals surface area contributed by atoms with E-state index in [2.05, 4.69) is 20.8 Å². The summed E-state index contributed by atoms with van der Waals surface area (Å²) in [6.07, 6.45) is 0. The summed E-state index contributed by atoms with van der Waals surface area (Å²) in [5, 5.41) is 18.9. The first-order valence-electron chi connectivity index (χ1n) is 7.07. The van der Waals surface area contributed by atoms with Crippen molar-refractivity contribution in [2.24, 2.45) is 11.8 Å². The second-order valence-corrected chi connectivity index (χ2v) is 5.76. The fourth-order valence-corrected chi connectivity index (χ4v) is 2.55. The number of hydrogen-bond acceptors (Lipinski definition) is 2. The molecule has 1 atom stereocenters. The minimum atomic E-state index is 0.260. The van der Waals surface area contributed by atoms with Crippen molar-refractivity contribution in [2.75, 3.05) is 0 Å². The zero-order valence-electron chi connectivity index (χ0n) is 12.2. The first-order valence-corrected chi connectivity index (χ1v) is 7.07. The predicted molar refractivity (Wildman–Crippen MR) is 82.1 cm³/mol. The molecule has 0 saturated carbocycles. The highest BCUT2D eigenvalue weighted by atomic mass is 16.3. The maximum atomic E-state index is 9.46. The van der Waals surface area contributed by atoms with Crippen LogP contribution in [0.3, 0.4) is 0 Å². The summed E-state index contributed by atoms with van der Waals surface area (Å²) in [4.78, 5) is 0. The minimum Gasteiger partial charge on any atom is -0.508 e. The molecule has 0 bridgehead atoms. The molecule has 2 heteroatoms. The molecule has 20 heavy (non-hydrogen) atoms. The van der Waals surface area contributed by atoms with Gasteiger partial charge in [-0.1, -0.05) is 45.0 Å². The van der Waals surface area contributed by atoms with Crippen LogP contribution in [0, 0.1) is 11.8 Å². The van der Waals surface area contributed by atoms with Gasteiger partial charge in [0.15, 0.2) is 0 Å². The summed E-state index contributed by atoms with van der Waals surface area (Å²) in [5.74, 6) is 1.84. The van der Waals surface area contributed by atoms with Gasteiger partial charge in [0.2, 0.25) is 0 Å². The SMILES string of the molecule is CC(C)C(C)C(c1ccc(O)cc1)c1ccc(O)cc1. The smallest absolute Gasteiger partial charge is 0.115 e. The second kappa shape index (κ2) is 6.00. The van der Waals surface area contributed by atoms with Crippen LogP contribution in [0.4, 0.5) is 0 Å². The Labute approximate surface area is 120 Å². The molecule has 0 saturated heterocycles. The molecule has 106 valence electrons. The van der Waals surface area contributed by atoms with E-state index in [1.54, 1.807) is 24.3 Å². The molecule has 0 aliphatic rings. The summed E-state index contributed by atoms with van der Waals surface area (Å²) in [7, 11) is 0. The summed E-state index contributed by atoms with van der Waals surface area (Å²) >= 11 is 0. The lowest BCUT2D eigenvalue weighted by Crippen LogP contribution is -2.16. The fraction of sp³-hybridized carbons (Fsp3) is 0.333. The highest BCUT2D eigenvalue weighted by Gasteiger charge is 2.23. The van der Waals surface area contributed by atoms with Crippen LogP contribution in [0.15, 0.2) is 48.5 Å². The monoisotopic (exact) mass is 270 g/mol. The van der Waals surface area contributed by atoms with Crippen molar-refractivity contribution in [2.45, 2.75) is 26.7 Å². The quantitative estimate of drug-likeness (QED) is 0.857. The van der Waals surface area contributed by atoms with E-state index >= 15 is 0 Å². The first-order chi connectivity index (χ1) is 9.49. The molecule has 2 nitrogen and oxygen atoms in total. The summed E-state index contributed by atoms with van der Waals surface area (Å²) < 4.78 is 0. The van der Waals surface area contributed by atoms with Crippen LogP contribution < -0.4 is 0 Å². The standard InChI is InChI=1S/C18H22O2/c1-12(2)13(3)18(14-4-8-16(19)9-5-14)15-6-10-17(20)11-7-15/h4-13,18-20H,1-3H3. The Morgan fingerprint density at radius 1 is 0.650 bits per heavy atom. The van der Waals surface area contributed by atoms with Gasteiger partial charge in [0.1, 0.15) is 11.5 Å². The Morgan fingerprint density at radius 2 is 1.00 bits per heavy atom. The van der Waals surface area contributed by atoms with Crippen molar-refractivity contribution in [1.82, 2.24) is 0 Å². The molecule has 0 amide bonds. The maximum Gasteiger partial charge on any atom is 0.115 e. The normalized spacial score (nSPS) is 12.8. The molecule has 2 rings (SSSR count). The molecule has 0 aromatic heterocycles. The number of phenolic OH excluding ortho intramolecular Hbond substituents is 2. The molecule has 0 radical (unpaired) electrons. The number of rotatable bonds is 4. The van der Waals surface area contributed by atoms with Gasteiger partial charge in [-0.05, 0) is 47.2 Å². The van der Waals surface area contributed by atoms with Gasteiger partial charge in [-0.15, -0.1) is 0 Å². The molecule has 0 fully saturated rings. The Hall–Kier alpha value is -1.96. The summed E-state index contributed by atoms with van der Waals surface area (Å²) in [6, 6.07) is 14.8. The Balaban J connectivity index is 2.44. The molecule has 0 heterocycles. The van der Waals surface area contributed by atoms with Crippen molar-refractivity contribution < 1.29 is 10.2 Å². The zero-order valence-corrected chi connectivity index (χ0v) is 12.2. The van der Waals surface area contributed by atoms with Crippen LogP contribution >= 0.6 is 0 Å². The Bertz CT molecular complexity index is 495. The van der Waals surface area contributed by atoms with Crippen molar-refractivity contribution in [3.8, 4) is 11.5 Å². The van der Waals surface area contributed by atoms with Crippen LogP contribution in [-0.4, -0.2) is 10.2 Å². The molecule has 2 aromatic rings. The van der Waals surface area contributed by atoms with Crippen molar-refractivity contribution in [1.29, 1.82) is 0 Å². The molecular formula is C18H22O2. The second-order valence-electron chi connectivity index (χ2n) is 5.76. The van der Waals surface area contributed by atoms with Crippen LogP contribution in [0.25, 0.3) is 0 Å². The van der Waals surface area contributed by atoms with Gasteiger partial charge in [0.25, 0.3) is 0 Å². The van der Waals surface area contributed by atoms with Gasteiger partial charge >= 0.3 is 0 Å². The van der Waals surface area contributed by atoms with Gasteiger partial charge in [0, 0.05) is 5.92 Å². The summed E-state index contributed by atoms with van der Waals surface area (Å²) in [6.45, 7) is 6.69. The van der Waals surface area contributed by atoms with Crippen LogP contribution in [0.5, 0.6) is 11.5 Å². The van der Waals surface area contributed by atoms with Crippen molar-refractivity contribution >= 4 is 0 Å². The van der Waals surface area contributed by atoms with E-state index in [9.17, 15) is 10.2 Å². The molecule has 0 aliphatic heterocycles. The van der Waals surface area contributed by atoms with Gasteiger partial charge in [-0.3, -0.25) is 0 Å². The van der Waals surface area contributed by atoms with E-state index in [0.717, 1.165) is 0 Å². The van der Waals surface area contributed by atoms with E-state index in [0.29, 0.717) is 11.8 Å². The average Bonchev–Trinajstić information content (AvgIpc) is 2.43. The number of benzene rings is 2. The molecule has 2 N–H and O–H groups in total. The highest BCUT2D eigenvalue weighted by Crippen LogP contribution is 2.37. The third kappa shape index (κ3) is 3.13. The van der Waals surface area contributed by atoms with E-state index in [1.165, 1.54) is 11.1 Å². The first kappa shape index (κ1) is 14.4. The van der Waals surface area contributed by atoms with Crippen LogP contribution in [-0.2, 0) is 0 Å². The van der Waals surface area contributed by atoms with E-state index in [4.69, 9.17) is 0 Å². The topological polar surface area (TPSA) is 40.5 Å². The molecule has 2 aromatic carbocycles. The summed E-state index contributed by atoms with van der Waals surface area (Å²) in [5.41, 5.74) is 2.38. The predicted octanol–water partition coefficient (Wildman–Crippen LogP) is 4.52. The lowest BCUT2D eigenvalue weighted by molar-refractivity contribution is 0.377. The van der Waals surface area contributed by atoms with Gasteiger partial charge in [-0.2, -0.15) is 0 Å². The van der Waals surface area contributed by atoms with Crippen LogP contribution in [0.2, 0.25) is 0 Å². The molecule has 0 aliphatic carbocycles.